The molecule has 0 amide bonds. The predicted octanol–water partition coefficient (Wildman–Crippen LogP) is 2.27. The van der Waals surface area contributed by atoms with Gasteiger partial charge in [-0.05, 0) is 29.8 Å². The number of hydrogen-bond acceptors (Lipinski definition) is 4. The van der Waals surface area contributed by atoms with E-state index in [-0.39, 0.29) is 6.04 Å². The van der Waals surface area contributed by atoms with Crippen molar-refractivity contribution in [3.8, 4) is 0 Å². The largest absolute Gasteiger partial charge is 0.324 e. The van der Waals surface area contributed by atoms with Crippen LogP contribution in [0.1, 0.15) is 17.3 Å². The fraction of sp³-hybridized carbons (Fsp3) is 0.133. The predicted molar refractivity (Wildman–Crippen MR) is 74.4 cm³/mol. The van der Waals surface area contributed by atoms with Gasteiger partial charge in [-0.2, -0.15) is 0 Å². The maximum absolute atomic E-state index is 6.23. The minimum Gasteiger partial charge on any atom is -0.324 e. The van der Waals surface area contributed by atoms with Crippen LogP contribution < -0.4 is 5.73 Å². The molecule has 0 aliphatic heterocycles. The molecule has 0 bridgehead atoms. The number of pyridine rings is 1. The van der Waals surface area contributed by atoms with Crippen molar-refractivity contribution in [2.24, 2.45) is 5.73 Å². The van der Waals surface area contributed by atoms with E-state index in [1.165, 1.54) is 0 Å². The number of rotatable bonds is 3. The van der Waals surface area contributed by atoms with Crippen molar-refractivity contribution in [3.63, 3.8) is 0 Å². The first kappa shape index (κ1) is 11.7. The van der Waals surface area contributed by atoms with Crippen LogP contribution in [0.25, 0.3) is 11.0 Å². The molecule has 2 heterocycles. The van der Waals surface area contributed by atoms with Gasteiger partial charge in [-0.3, -0.25) is 15.0 Å². The highest BCUT2D eigenvalue weighted by Crippen LogP contribution is 2.18. The Morgan fingerprint density at radius 2 is 1.74 bits per heavy atom. The maximum Gasteiger partial charge on any atom is 0.0890 e. The van der Waals surface area contributed by atoms with Crippen molar-refractivity contribution in [3.05, 3.63) is 66.2 Å². The molecule has 0 aliphatic rings. The zero-order chi connectivity index (χ0) is 13.1. The smallest absolute Gasteiger partial charge is 0.0890 e. The second-order valence-corrected chi connectivity index (χ2v) is 4.44. The van der Waals surface area contributed by atoms with E-state index < -0.39 is 0 Å². The van der Waals surface area contributed by atoms with Crippen LogP contribution in [0.4, 0.5) is 0 Å². The second kappa shape index (κ2) is 5.12. The number of nitrogens with two attached hydrogens (primary N) is 1. The zero-order valence-electron chi connectivity index (χ0n) is 10.4. The monoisotopic (exact) mass is 250 g/mol. The Kier molecular flexibility index (Phi) is 3.16. The van der Waals surface area contributed by atoms with E-state index in [0.29, 0.717) is 6.42 Å². The minimum absolute atomic E-state index is 0.0821. The number of benzene rings is 1. The van der Waals surface area contributed by atoms with Crippen LogP contribution in [0.3, 0.4) is 0 Å². The fourth-order valence-corrected chi connectivity index (χ4v) is 2.07. The summed E-state index contributed by atoms with van der Waals surface area (Å²) in [6, 6.07) is 11.7. The summed E-state index contributed by atoms with van der Waals surface area (Å²) < 4.78 is 0. The normalized spacial score (nSPS) is 12.5. The second-order valence-electron chi connectivity index (χ2n) is 4.44. The average Bonchev–Trinajstić information content (AvgIpc) is 2.48. The van der Waals surface area contributed by atoms with Crippen LogP contribution in [-0.4, -0.2) is 15.0 Å². The standard InChI is InChI=1S/C15H14N4/c16-13(10-12-3-1-2-6-17-12)11-4-5-14-15(9-11)19-8-7-18-14/h1-9,13H,10,16H2. The zero-order valence-corrected chi connectivity index (χ0v) is 10.4. The molecule has 0 aliphatic carbocycles. The molecular formula is C15H14N4. The van der Waals surface area contributed by atoms with Gasteiger partial charge in [-0.1, -0.05) is 12.1 Å². The van der Waals surface area contributed by atoms with Gasteiger partial charge in [0.05, 0.1) is 11.0 Å². The SMILES string of the molecule is NC(Cc1ccccn1)c1ccc2nccnc2c1. The molecule has 1 unspecified atom stereocenters. The molecule has 0 saturated carbocycles. The van der Waals surface area contributed by atoms with Crippen molar-refractivity contribution < 1.29 is 0 Å². The van der Waals surface area contributed by atoms with Gasteiger partial charge in [0, 0.05) is 36.7 Å². The van der Waals surface area contributed by atoms with Gasteiger partial charge in [0.25, 0.3) is 0 Å². The third-order valence-electron chi connectivity index (χ3n) is 3.08. The van der Waals surface area contributed by atoms with E-state index in [1.807, 2.05) is 36.4 Å². The molecule has 0 fully saturated rings. The molecule has 0 radical (unpaired) electrons. The van der Waals surface area contributed by atoms with E-state index in [1.54, 1.807) is 18.6 Å². The van der Waals surface area contributed by atoms with Gasteiger partial charge in [-0.25, -0.2) is 0 Å². The lowest BCUT2D eigenvalue weighted by Gasteiger charge is -2.12. The van der Waals surface area contributed by atoms with E-state index in [2.05, 4.69) is 15.0 Å². The summed E-state index contributed by atoms with van der Waals surface area (Å²) in [4.78, 5) is 12.8. The Morgan fingerprint density at radius 1 is 0.895 bits per heavy atom. The molecule has 3 rings (SSSR count). The molecule has 3 aromatic rings. The molecule has 1 atom stereocenters. The summed E-state index contributed by atoms with van der Waals surface area (Å²) in [6.07, 6.45) is 5.88. The van der Waals surface area contributed by atoms with Crippen LogP contribution >= 0.6 is 0 Å². The van der Waals surface area contributed by atoms with Gasteiger partial charge < -0.3 is 5.73 Å². The lowest BCUT2D eigenvalue weighted by molar-refractivity contribution is 0.707. The van der Waals surface area contributed by atoms with Crippen LogP contribution in [0.2, 0.25) is 0 Å². The van der Waals surface area contributed by atoms with Gasteiger partial charge in [0.1, 0.15) is 0 Å². The third kappa shape index (κ3) is 2.58. The third-order valence-corrected chi connectivity index (χ3v) is 3.08. The summed E-state index contributed by atoms with van der Waals surface area (Å²) in [5.41, 5.74) is 10.0. The summed E-state index contributed by atoms with van der Waals surface area (Å²) in [7, 11) is 0. The Bertz CT molecular complexity index is 682. The summed E-state index contributed by atoms with van der Waals surface area (Å²) >= 11 is 0. The Labute approximate surface area is 111 Å². The molecule has 0 spiro atoms. The first-order chi connectivity index (χ1) is 9.33. The molecule has 0 saturated heterocycles. The maximum atomic E-state index is 6.23. The Morgan fingerprint density at radius 3 is 2.53 bits per heavy atom. The number of aromatic nitrogens is 3. The van der Waals surface area contributed by atoms with Crippen LogP contribution in [-0.2, 0) is 6.42 Å². The molecule has 19 heavy (non-hydrogen) atoms. The van der Waals surface area contributed by atoms with E-state index in [9.17, 15) is 0 Å². The quantitative estimate of drug-likeness (QED) is 0.774. The average molecular weight is 250 g/mol. The van der Waals surface area contributed by atoms with E-state index in [4.69, 9.17) is 5.73 Å². The number of hydrogen-bond donors (Lipinski definition) is 1. The Hall–Kier alpha value is -2.33. The van der Waals surface area contributed by atoms with E-state index >= 15 is 0 Å². The minimum atomic E-state index is -0.0821. The first-order valence-electron chi connectivity index (χ1n) is 6.19. The van der Waals surface area contributed by atoms with Crippen molar-refractivity contribution in [1.29, 1.82) is 0 Å². The van der Waals surface area contributed by atoms with Crippen molar-refractivity contribution in [2.75, 3.05) is 0 Å². The lowest BCUT2D eigenvalue weighted by atomic mass is 10.0. The molecule has 2 aromatic heterocycles. The van der Waals surface area contributed by atoms with Crippen molar-refractivity contribution >= 4 is 11.0 Å². The lowest BCUT2D eigenvalue weighted by Crippen LogP contribution is -2.14. The molecule has 94 valence electrons. The van der Waals surface area contributed by atoms with Gasteiger partial charge in [0.2, 0.25) is 0 Å². The van der Waals surface area contributed by atoms with E-state index in [0.717, 1.165) is 22.3 Å². The summed E-state index contributed by atoms with van der Waals surface area (Å²) in [5.74, 6) is 0. The van der Waals surface area contributed by atoms with Crippen molar-refractivity contribution in [1.82, 2.24) is 15.0 Å². The van der Waals surface area contributed by atoms with Crippen molar-refractivity contribution in [2.45, 2.75) is 12.5 Å². The van der Waals surface area contributed by atoms with Crippen LogP contribution in [0.5, 0.6) is 0 Å². The topological polar surface area (TPSA) is 64.7 Å². The summed E-state index contributed by atoms with van der Waals surface area (Å²) in [6.45, 7) is 0. The molecule has 4 nitrogen and oxygen atoms in total. The highest BCUT2D eigenvalue weighted by molar-refractivity contribution is 5.74. The molecule has 4 heteroatoms. The van der Waals surface area contributed by atoms with Gasteiger partial charge in [0.15, 0.2) is 0 Å². The number of fused-ring (bicyclic) bond motifs is 1. The molecular weight excluding hydrogens is 236 g/mol. The van der Waals surface area contributed by atoms with Crippen LogP contribution in [0, 0.1) is 0 Å². The highest BCUT2D eigenvalue weighted by atomic mass is 14.8. The van der Waals surface area contributed by atoms with Gasteiger partial charge in [-0.15, -0.1) is 0 Å². The number of nitrogens with zero attached hydrogens (tertiary/aromatic N) is 3. The van der Waals surface area contributed by atoms with Gasteiger partial charge >= 0.3 is 0 Å². The van der Waals surface area contributed by atoms with Crippen LogP contribution in [0.15, 0.2) is 55.0 Å². The molecule has 2 N–H and O–H groups in total. The molecule has 1 aromatic carbocycles. The highest BCUT2D eigenvalue weighted by Gasteiger charge is 2.09. The summed E-state index contributed by atoms with van der Waals surface area (Å²) in [5, 5.41) is 0. The Balaban J connectivity index is 1.87. The fourth-order valence-electron chi connectivity index (χ4n) is 2.07. The first-order valence-corrected chi connectivity index (χ1v) is 6.19.